The molecule has 1 atom stereocenters. The molecule has 2 nitrogen and oxygen atoms in total. The van der Waals surface area contributed by atoms with Crippen molar-refractivity contribution in [2.75, 3.05) is 0 Å². The maximum Gasteiger partial charge on any atom is 0.195 e. The molecule has 1 aromatic carbocycles. The second-order valence-electron chi connectivity index (χ2n) is 6.86. The van der Waals surface area contributed by atoms with E-state index >= 15 is 0 Å². The van der Waals surface area contributed by atoms with Gasteiger partial charge in [0.2, 0.25) is 0 Å². The Balaban J connectivity index is 2.51. The standard InChI is InChI=1S/C20H30O2/c1-4-7-13-19(14-8-5-2)15-16-11-9-10-12-17(16)18(21)20(19,22)6-3/h9-12,22H,4-8,13-15H2,1-3H3. The van der Waals surface area contributed by atoms with Gasteiger partial charge in [0.05, 0.1) is 0 Å². The number of carbonyl (C=O) groups excluding carboxylic acids is 1. The Labute approximate surface area is 134 Å². The first kappa shape index (κ1) is 17.2. The molecule has 0 spiro atoms. The Kier molecular flexibility index (Phi) is 5.44. The molecule has 1 aromatic rings. The van der Waals surface area contributed by atoms with Crippen molar-refractivity contribution < 1.29 is 9.90 Å². The van der Waals surface area contributed by atoms with Gasteiger partial charge in [0, 0.05) is 11.0 Å². The maximum atomic E-state index is 13.1. The highest BCUT2D eigenvalue weighted by Gasteiger charge is 2.56. The summed E-state index contributed by atoms with van der Waals surface area (Å²) in [5.74, 6) is -0.0518. The van der Waals surface area contributed by atoms with Crippen LogP contribution in [-0.4, -0.2) is 16.5 Å². The monoisotopic (exact) mass is 302 g/mol. The van der Waals surface area contributed by atoms with Crippen molar-refractivity contribution in [1.82, 2.24) is 0 Å². The molecule has 122 valence electrons. The summed E-state index contributed by atoms with van der Waals surface area (Å²) in [5, 5.41) is 11.4. The average molecular weight is 302 g/mol. The molecule has 1 aliphatic carbocycles. The van der Waals surface area contributed by atoms with Gasteiger partial charge in [-0.25, -0.2) is 0 Å². The zero-order chi connectivity index (χ0) is 16.2. The zero-order valence-corrected chi connectivity index (χ0v) is 14.3. The van der Waals surface area contributed by atoms with E-state index in [0.717, 1.165) is 56.1 Å². The summed E-state index contributed by atoms with van der Waals surface area (Å²) in [4.78, 5) is 13.1. The van der Waals surface area contributed by atoms with Gasteiger partial charge in [0.1, 0.15) is 5.60 Å². The Hall–Kier alpha value is -1.15. The SMILES string of the molecule is CCCCC1(CCCC)Cc2ccccc2C(=O)C1(O)CC. The third-order valence-electron chi connectivity index (χ3n) is 5.57. The van der Waals surface area contributed by atoms with Gasteiger partial charge in [-0.1, -0.05) is 70.7 Å². The van der Waals surface area contributed by atoms with E-state index in [0.29, 0.717) is 6.42 Å². The molecule has 2 heteroatoms. The molecule has 1 aliphatic rings. The number of hydrogen-bond acceptors (Lipinski definition) is 2. The number of ketones is 1. The van der Waals surface area contributed by atoms with Crippen molar-refractivity contribution in [3.05, 3.63) is 35.4 Å². The Bertz CT molecular complexity index is 512. The third-order valence-corrected chi connectivity index (χ3v) is 5.57. The van der Waals surface area contributed by atoms with Crippen LogP contribution in [-0.2, 0) is 6.42 Å². The number of unbranched alkanes of at least 4 members (excludes halogenated alkanes) is 2. The fraction of sp³-hybridized carbons (Fsp3) is 0.650. The highest BCUT2D eigenvalue weighted by molar-refractivity contribution is 6.05. The van der Waals surface area contributed by atoms with Gasteiger partial charge in [-0.15, -0.1) is 0 Å². The van der Waals surface area contributed by atoms with Gasteiger partial charge in [-0.05, 0) is 31.2 Å². The molecule has 0 bridgehead atoms. The third kappa shape index (κ3) is 2.74. The van der Waals surface area contributed by atoms with Crippen LogP contribution in [0.15, 0.2) is 24.3 Å². The number of fused-ring (bicyclic) bond motifs is 1. The van der Waals surface area contributed by atoms with Crippen LogP contribution in [0.4, 0.5) is 0 Å². The normalized spacial score (nSPS) is 23.4. The van der Waals surface area contributed by atoms with Gasteiger partial charge < -0.3 is 5.11 Å². The van der Waals surface area contributed by atoms with Crippen molar-refractivity contribution in [3.63, 3.8) is 0 Å². The quantitative estimate of drug-likeness (QED) is 0.775. The van der Waals surface area contributed by atoms with Crippen LogP contribution < -0.4 is 0 Å². The average Bonchev–Trinajstić information content (AvgIpc) is 2.55. The minimum Gasteiger partial charge on any atom is -0.381 e. The molecule has 0 aliphatic heterocycles. The van der Waals surface area contributed by atoms with Gasteiger partial charge in [0.15, 0.2) is 5.78 Å². The molecule has 0 radical (unpaired) electrons. The second-order valence-corrected chi connectivity index (χ2v) is 6.86. The van der Waals surface area contributed by atoms with Gasteiger partial charge in [0.25, 0.3) is 0 Å². The first-order chi connectivity index (χ1) is 10.5. The Morgan fingerprint density at radius 3 is 2.18 bits per heavy atom. The minimum absolute atomic E-state index is 0.0518. The molecule has 0 amide bonds. The Morgan fingerprint density at radius 2 is 1.64 bits per heavy atom. The zero-order valence-electron chi connectivity index (χ0n) is 14.3. The van der Waals surface area contributed by atoms with E-state index < -0.39 is 5.60 Å². The van der Waals surface area contributed by atoms with Crippen LogP contribution >= 0.6 is 0 Å². The summed E-state index contributed by atoms with van der Waals surface area (Å²) in [6, 6.07) is 7.85. The molecular formula is C20H30O2. The van der Waals surface area contributed by atoms with E-state index in [1.165, 1.54) is 0 Å². The van der Waals surface area contributed by atoms with E-state index in [1.807, 2.05) is 25.1 Å². The summed E-state index contributed by atoms with van der Waals surface area (Å²) in [6.07, 6.45) is 7.56. The van der Waals surface area contributed by atoms with E-state index in [2.05, 4.69) is 19.9 Å². The summed E-state index contributed by atoms with van der Waals surface area (Å²) in [6.45, 7) is 6.31. The molecule has 0 heterocycles. The lowest BCUT2D eigenvalue weighted by atomic mass is 9.56. The van der Waals surface area contributed by atoms with Crippen molar-refractivity contribution in [3.8, 4) is 0 Å². The lowest BCUT2D eigenvalue weighted by Gasteiger charge is -2.50. The lowest BCUT2D eigenvalue weighted by molar-refractivity contribution is -0.0753. The maximum absolute atomic E-state index is 13.1. The smallest absolute Gasteiger partial charge is 0.195 e. The van der Waals surface area contributed by atoms with Crippen molar-refractivity contribution >= 4 is 5.78 Å². The predicted octanol–water partition coefficient (Wildman–Crippen LogP) is 4.93. The number of aliphatic hydroxyl groups is 1. The van der Waals surface area contributed by atoms with Crippen molar-refractivity contribution in [2.45, 2.75) is 77.7 Å². The first-order valence-electron chi connectivity index (χ1n) is 8.89. The van der Waals surface area contributed by atoms with E-state index in [9.17, 15) is 9.90 Å². The van der Waals surface area contributed by atoms with Crippen LogP contribution in [0.1, 0.15) is 81.6 Å². The molecule has 0 saturated heterocycles. The highest BCUT2D eigenvalue weighted by atomic mass is 16.3. The first-order valence-corrected chi connectivity index (χ1v) is 8.89. The van der Waals surface area contributed by atoms with E-state index in [4.69, 9.17) is 0 Å². The van der Waals surface area contributed by atoms with Crippen molar-refractivity contribution in [1.29, 1.82) is 0 Å². The second kappa shape index (κ2) is 6.95. The van der Waals surface area contributed by atoms with Crippen LogP contribution in [0.3, 0.4) is 0 Å². The van der Waals surface area contributed by atoms with Crippen molar-refractivity contribution in [2.24, 2.45) is 5.41 Å². The number of rotatable bonds is 7. The molecular weight excluding hydrogens is 272 g/mol. The van der Waals surface area contributed by atoms with Gasteiger partial charge in [-0.3, -0.25) is 4.79 Å². The van der Waals surface area contributed by atoms with Crippen LogP contribution in [0, 0.1) is 5.41 Å². The van der Waals surface area contributed by atoms with Gasteiger partial charge >= 0.3 is 0 Å². The fourth-order valence-corrected chi connectivity index (χ4v) is 4.15. The fourth-order valence-electron chi connectivity index (χ4n) is 4.15. The summed E-state index contributed by atoms with van der Waals surface area (Å²) >= 11 is 0. The summed E-state index contributed by atoms with van der Waals surface area (Å²) in [7, 11) is 0. The van der Waals surface area contributed by atoms with Crippen LogP contribution in [0.25, 0.3) is 0 Å². The number of carbonyl (C=O) groups is 1. The number of Topliss-reactive ketones (excluding diaryl/α,β-unsaturated/α-hetero) is 1. The molecule has 1 N–H and O–H groups in total. The topological polar surface area (TPSA) is 37.3 Å². The molecule has 1 unspecified atom stereocenters. The minimum atomic E-state index is -1.20. The predicted molar refractivity (Wildman–Crippen MR) is 91.2 cm³/mol. The highest BCUT2D eigenvalue weighted by Crippen LogP contribution is 2.51. The largest absolute Gasteiger partial charge is 0.381 e. The molecule has 2 rings (SSSR count). The lowest BCUT2D eigenvalue weighted by Crippen LogP contribution is -2.58. The molecule has 0 saturated carbocycles. The summed E-state index contributed by atoms with van der Waals surface area (Å²) < 4.78 is 0. The molecule has 0 aromatic heterocycles. The van der Waals surface area contributed by atoms with Crippen LogP contribution in [0.2, 0.25) is 0 Å². The molecule has 22 heavy (non-hydrogen) atoms. The van der Waals surface area contributed by atoms with Crippen LogP contribution in [0.5, 0.6) is 0 Å². The number of benzene rings is 1. The Morgan fingerprint density at radius 1 is 1.05 bits per heavy atom. The van der Waals surface area contributed by atoms with E-state index in [1.54, 1.807) is 0 Å². The van der Waals surface area contributed by atoms with Gasteiger partial charge in [-0.2, -0.15) is 0 Å². The number of hydrogen-bond donors (Lipinski definition) is 1. The van der Waals surface area contributed by atoms with E-state index in [-0.39, 0.29) is 11.2 Å². The summed E-state index contributed by atoms with van der Waals surface area (Å²) in [5.41, 5.74) is 0.360. The molecule has 0 fully saturated rings.